The minimum atomic E-state index is 0.894. The van der Waals surface area contributed by atoms with E-state index in [1.807, 2.05) is 12.4 Å². The van der Waals surface area contributed by atoms with Gasteiger partial charge in [0.25, 0.3) is 0 Å². The van der Waals surface area contributed by atoms with Crippen LogP contribution in [0.4, 0.5) is 5.95 Å². The minimum Gasteiger partial charge on any atom is -0.341 e. The van der Waals surface area contributed by atoms with Gasteiger partial charge in [-0.2, -0.15) is 0 Å². The second-order valence-electron chi connectivity index (χ2n) is 4.84. The lowest BCUT2D eigenvalue weighted by atomic mass is 10.2. The van der Waals surface area contributed by atoms with Gasteiger partial charge in [0.2, 0.25) is 5.95 Å². The van der Waals surface area contributed by atoms with Gasteiger partial charge in [0.05, 0.1) is 0 Å². The SMILES string of the molecule is CCCCc1cnc(N(CCC)CCCC)nc1. The Morgan fingerprint density at radius 1 is 0.889 bits per heavy atom. The fourth-order valence-corrected chi connectivity index (χ4v) is 1.95. The van der Waals surface area contributed by atoms with Crippen LogP contribution in [-0.2, 0) is 6.42 Å². The molecule has 0 aliphatic heterocycles. The maximum atomic E-state index is 4.52. The van der Waals surface area contributed by atoms with Crippen molar-refractivity contribution in [1.82, 2.24) is 9.97 Å². The van der Waals surface area contributed by atoms with Gasteiger partial charge in [-0.1, -0.05) is 33.6 Å². The minimum absolute atomic E-state index is 0.894. The van der Waals surface area contributed by atoms with Crippen molar-refractivity contribution in [1.29, 1.82) is 0 Å². The zero-order chi connectivity index (χ0) is 13.2. The number of unbranched alkanes of at least 4 members (excludes halogenated alkanes) is 2. The Labute approximate surface area is 112 Å². The molecular weight excluding hydrogens is 222 g/mol. The van der Waals surface area contributed by atoms with Gasteiger partial charge in [-0.05, 0) is 31.2 Å². The first-order valence-electron chi connectivity index (χ1n) is 7.37. The highest BCUT2D eigenvalue weighted by Crippen LogP contribution is 2.10. The monoisotopic (exact) mass is 249 g/mol. The lowest BCUT2D eigenvalue weighted by Gasteiger charge is -2.21. The molecule has 0 fully saturated rings. The highest BCUT2D eigenvalue weighted by molar-refractivity contribution is 5.29. The molecule has 1 heterocycles. The lowest BCUT2D eigenvalue weighted by Crippen LogP contribution is -2.27. The second kappa shape index (κ2) is 8.90. The van der Waals surface area contributed by atoms with Crippen molar-refractivity contribution in [2.75, 3.05) is 18.0 Å². The number of hydrogen-bond acceptors (Lipinski definition) is 3. The number of aryl methyl sites for hydroxylation is 1. The molecule has 0 amide bonds. The van der Waals surface area contributed by atoms with Crippen LogP contribution in [0.1, 0.15) is 58.4 Å². The van der Waals surface area contributed by atoms with E-state index in [1.165, 1.54) is 31.2 Å². The molecule has 1 aromatic heterocycles. The Kier molecular flexibility index (Phi) is 7.38. The molecule has 3 heteroatoms. The predicted molar refractivity (Wildman–Crippen MR) is 78.1 cm³/mol. The molecule has 0 spiro atoms. The molecule has 0 unspecified atom stereocenters. The number of hydrogen-bond donors (Lipinski definition) is 0. The molecule has 0 bridgehead atoms. The third-order valence-electron chi connectivity index (χ3n) is 3.07. The van der Waals surface area contributed by atoms with E-state index in [0.717, 1.165) is 31.9 Å². The average Bonchev–Trinajstić information content (AvgIpc) is 2.42. The molecule has 0 atom stereocenters. The van der Waals surface area contributed by atoms with Gasteiger partial charge in [-0.3, -0.25) is 0 Å². The van der Waals surface area contributed by atoms with Crippen molar-refractivity contribution >= 4 is 5.95 Å². The summed E-state index contributed by atoms with van der Waals surface area (Å²) in [7, 11) is 0. The van der Waals surface area contributed by atoms with Gasteiger partial charge in [0.15, 0.2) is 0 Å². The molecule has 18 heavy (non-hydrogen) atoms. The van der Waals surface area contributed by atoms with E-state index in [9.17, 15) is 0 Å². The summed E-state index contributed by atoms with van der Waals surface area (Å²) in [5, 5.41) is 0. The molecule has 0 saturated carbocycles. The Balaban J connectivity index is 2.61. The van der Waals surface area contributed by atoms with E-state index >= 15 is 0 Å². The van der Waals surface area contributed by atoms with E-state index in [2.05, 4.69) is 35.6 Å². The standard InChI is InChI=1S/C15H27N3/c1-4-7-9-14-12-16-15(17-13-14)18(10-6-3)11-8-5-2/h12-13H,4-11H2,1-3H3. The van der Waals surface area contributed by atoms with Gasteiger partial charge < -0.3 is 4.90 Å². The molecule has 1 rings (SSSR count). The molecule has 0 aliphatic carbocycles. The van der Waals surface area contributed by atoms with Crippen molar-refractivity contribution in [2.24, 2.45) is 0 Å². The predicted octanol–water partition coefficient (Wildman–Crippen LogP) is 3.84. The van der Waals surface area contributed by atoms with E-state index < -0.39 is 0 Å². The van der Waals surface area contributed by atoms with Crippen LogP contribution in [0.5, 0.6) is 0 Å². The Bertz CT molecular complexity index is 308. The van der Waals surface area contributed by atoms with E-state index in [-0.39, 0.29) is 0 Å². The molecule has 0 N–H and O–H groups in total. The first-order valence-corrected chi connectivity index (χ1v) is 7.37. The zero-order valence-corrected chi connectivity index (χ0v) is 12.2. The van der Waals surface area contributed by atoms with E-state index in [4.69, 9.17) is 0 Å². The first-order chi connectivity index (χ1) is 8.81. The van der Waals surface area contributed by atoms with Crippen LogP contribution < -0.4 is 4.90 Å². The Morgan fingerprint density at radius 2 is 1.56 bits per heavy atom. The summed E-state index contributed by atoms with van der Waals surface area (Å²) >= 11 is 0. The largest absolute Gasteiger partial charge is 0.341 e. The summed E-state index contributed by atoms with van der Waals surface area (Å²) in [5.41, 5.74) is 1.26. The van der Waals surface area contributed by atoms with E-state index in [0.29, 0.717) is 0 Å². The summed E-state index contributed by atoms with van der Waals surface area (Å²) in [6.45, 7) is 8.75. The van der Waals surface area contributed by atoms with Crippen LogP contribution in [0.3, 0.4) is 0 Å². The lowest BCUT2D eigenvalue weighted by molar-refractivity contribution is 0.684. The van der Waals surface area contributed by atoms with Gasteiger partial charge in [0.1, 0.15) is 0 Å². The number of anilines is 1. The van der Waals surface area contributed by atoms with Gasteiger partial charge in [-0.15, -0.1) is 0 Å². The van der Waals surface area contributed by atoms with Crippen LogP contribution in [0.25, 0.3) is 0 Å². The Morgan fingerprint density at radius 3 is 2.11 bits per heavy atom. The highest BCUT2D eigenvalue weighted by atomic mass is 15.2. The van der Waals surface area contributed by atoms with Gasteiger partial charge >= 0.3 is 0 Å². The molecule has 1 aromatic rings. The molecule has 0 aliphatic rings. The Hall–Kier alpha value is -1.12. The molecule has 102 valence electrons. The first kappa shape index (κ1) is 14.9. The third kappa shape index (κ3) is 5.03. The van der Waals surface area contributed by atoms with Crippen LogP contribution >= 0.6 is 0 Å². The normalized spacial score (nSPS) is 10.6. The van der Waals surface area contributed by atoms with Gasteiger partial charge in [0, 0.05) is 25.5 Å². The van der Waals surface area contributed by atoms with Crippen molar-refractivity contribution < 1.29 is 0 Å². The summed E-state index contributed by atoms with van der Waals surface area (Å²) in [6, 6.07) is 0. The summed E-state index contributed by atoms with van der Waals surface area (Å²) in [6.07, 6.45) is 11.1. The third-order valence-corrected chi connectivity index (χ3v) is 3.07. The molecule has 3 nitrogen and oxygen atoms in total. The number of rotatable bonds is 9. The molecule has 0 radical (unpaired) electrons. The fraction of sp³-hybridized carbons (Fsp3) is 0.733. The van der Waals surface area contributed by atoms with Crippen LogP contribution in [0.15, 0.2) is 12.4 Å². The molecule has 0 aromatic carbocycles. The quantitative estimate of drug-likeness (QED) is 0.666. The zero-order valence-electron chi connectivity index (χ0n) is 12.2. The topological polar surface area (TPSA) is 29.0 Å². The maximum Gasteiger partial charge on any atom is 0.225 e. The van der Waals surface area contributed by atoms with Crippen molar-refractivity contribution in [3.8, 4) is 0 Å². The smallest absolute Gasteiger partial charge is 0.225 e. The highest BCUT2D eigenvalue weighted by Gasteiger charge is 2.07. The van der Waals surface area contributed by atoms with E-state index in [1.54, 1.807) is 0 Å². The summed E-state index contributed by atoms with van der Waals surface area (Å²) in [5.74, 6) is 0.894. The average molecular weight is 249 g/mol. The van der Waals surface area contributed by atoms with Crippen molar-refractivity contribution in [2.45, 2.75) is 59.3 Å². The second-order valence-corrected chi connectivity index (χ2v) is 4.84. The maximum absolute atomic E-state index is 4.52. The number of aromatic nitrogens is 2. The summed E-state index contributed by atoms with van der Waals surface area (Å²) in [4.78, 5) is 11.3. The van der Waals surface area contributed by atoms with Crippen LogP contribution in [-0.4, -0.2) is 23.1 Å². The molecule has 0 saturated heterocycles. The fourth-order valence-electron chi connectivity index (χ4n) is 1.95. The summed E-state index contributed by atoms with van der Waals surface area (Å²) < 4.78 is 0. The van der Waals surface area contributed by atoms with Crippen molar-refractivity contribution in [3.63, 3.8) is 0 Å². The van der Waals surface area contributed by atoms with Crippen LogP contribution in [0, 0.1) is 0 Å². The number of nitrogens with zero attached hydrogens (tertiary/aromatic N) is 3. The van der Waals surface area contributed by atoms with Crippen molar-refractivity contribution in [3.05, 3.63) is 18.0 Å². The van der Waals surface area contributed by atoms with Gasteiger partial charge in [-0.25, -0.2) is 9.97 Å². The van der Waals surface area contributed by atoms with Crippen LogP contribution in [0.2, 0.25) is 0 Å². The molecular formula is C15H27N3.